The molecule has 0 fully saturated rings. The number of H-pyrrole nitrogens is 1. The molecule has 4 aromatic rings. The normalized spacial score (nSPS) is 10.8. The Morgan fingerprint density at radius 2 is 1.80 bits per heavy atom. The van der Waals surface area contributed by atoms with E-state index in [2.05, 4.69) is 16.0 Å². The molecular formula is C20H17N3O2. The number of hydrogen-bond acceptors (Lipinski definition) is 4. The summed E-state index contributed by atoms with van der Waals surface area (Å²) in [4.78, 5) is 12.5. The number of fused-ring (bicyclic) bond motifs is 1. The lowest BCUT2D eigenvalue weighted by molar-refractivity contribution is 0.398. The maximum atomic E-state index is 5.54. The Morgan fingerprint density at radius 3 is 2.48 bits per heavy atom. The maximum Gasteiger partial charge on any atom is 0.139 e. The fourth-order valence-electron chi connectivity index (χ4n) is 2.91. The van der Waals surface area contributed by atoms with Gasteiger partial charge in [0.15, 0.2) is 0 Å². The summed E-state index contributed by atoms with van der Waals surface area (Å²) in [6.07, 6.45) is 3.54. The minimum atomic E-state index is 0.710. The van der Waals surface area contributed by atoms with E-state index in [1.54, 1.807) is 26.6 Å². The fraction of sp³-hybridized carbons (Fsp3) is 0.100. The molecule has 0 radical (unpaired) electrons. The van der Waals surface area contributed by atoms with Gasteiger partial charge in [-0.05, 0) is 6.07 Å². The molecule has 0 aliphatic carbocycles. The van der Waals surface area contributed by atoms with Crippen LogP contribution in [0.4, 0.5) is 0 Å². The van der Waals surface area contributed by atoms with Crippen molar-refractivity contribution < 1.29 is 9.47 Å². The highest BCUT2D eigenvalue weighted by Crippen LogP contribution is 2.37. The smallest absolute Gasteiger partial charge is 0.139 e. The van der Waals surface area contributed by atoms with Crippen molar-refractivity contribution in [3.8, 4) is 34.1 Å². The van der Waals surface area contributed by atoms with Crippen molar-refractivity contribution >= 4 is 10.9 Å². The van der Waals surface area contributed by atoms with E-state index in [1.807, 2.05) is 42.5 Å². The van der Waals surface area contributed by atoms with Gasteiger partial charge in [0, 0.05) is 41.0 Å². The van der Waals surface area contributed by atoms with Gasteiger partial charge >= 0.3 is 0 Å². The predicted molar refractivity (Wildman–Crippen MR) is 97.9 cm³/mol. The Morgan fingerprint density at radius 1 is 0.960 bits per heavy atom. The third-order valence-corrected chi connectivity index (χ3v) is 4.13. The van der Waals surface area contributed by atoms with Crippen LogP contribution in [0.5, 0.6) is 11.5 Å². The van der Waals surface area contributed by atoms with Crippen molar-refractivity contribution in [3.63, 3.8) is 0 Å². The molecule has 0 aliphatic heterocycles. The summed E-state index contributed by atoms with van der Waals surface area (Å²) in [7, 11) is 3.28. The van der Waals surface area contributed by atoms with E-state index >= 15 is 0 Å². The number of rotatable bonds is 4. The van der Waals surface area contributed by atoms with Crippen LogP contribution in [-0.4, -0.2) is 29.2 Å². The third-order valence-electron chi connectivity index (χ3n) is 4.13. The number of hydrogen-bond donors (Lipinski definition) is 1. The van der Waals surface area contributed by atoms with E-state index in [-0.39, 0.29) is 0 Å². The SMILES string of the molecule is COc1cc(OC)c2cc(-c3ncc[nH]3)c(-c3ccccc3)nc2c1. The summed E-state index contributed by atoms with van der Waals surface area (Å²) in [6.45, 7) is 0. The Balaban J connectivity index is 2.06. The summed E-state index contributed by atoms with van der Waals surface area (Å²) in [5.74, 6) is 2.20. The number of methoxy groups -OCH3 is 2. The number of pyridine rings is 1. The standard InChI is InChI=1S/C20H17N3O2/c1-24-14-10-17-15(18(11-14)25-2)12-16(20-21-8-9-22-20)19(23-17)13-6-4-3-5-7-13/h3-12H,1-2H3,(H,21,22). The van der Waals surface area contributed by atoms with Crippen LogP contribution in [0.3, 0.4) is 0 Å². The quantitative estimate of drug-likeness (QED) is 0.605. The van der Waals surface area contributed by atoms with Crippen molar-refractivity contribution in [3.05, 3.63) is 60.9 Å². The second kappa shape index (κ2) is 6.28. The molecule has 2 aromatic carbocycles. The van der Waals surface area contributed by atoms with Gasteiger partial charge in [-0.3, -0.25) is 0 Å². The number of nitrogens with one attached hydrogen (secondary N) is 1. The first-order valence-electron chi connectivity index (χ1n) is 7.92. The first kappa shape index (κ1) is 15.2. The lowest BCUT2D eigenvalue weighted by Crippen LogP contribution is -1.95. The molecule has 0 bridgehead atoms. The lowest BCUT2D eigenvalue weighted by Gasteiger charge is -2.13. The van der Waals surface area contributed by atoms with E-state index in [0.717, 1.165) is 33.5 Å². The van der Waals surface area contributed by atoms with Gasteiger partial charge in [0.2, 0.25) is 0 Å². The zero-order chi connectivity index (χ0) is 17.2. The van der Waals surface area contributed by atoms with Gasteiger partial charge < -0.3 is 14.5 Å². The molecule has 1 N–H and O–H groups in total. The molecular weight excluding hydrogens is 314 g/mol. The van der Waals surface area contributed by atoms with Gasteiger partial charge in [0.25, 0.3) is 0 Å². The molecule has 5 nitrogen and oxygen atoms in total. The largest absolute Gasteiger partial charge is 0.497 e. The minimum Gasteiger partial charge on any atom is -0.497 e. The van der Waals surface area contributed by atoms with Gasteiger partial charge in [0.05, 0.1) is 25.4 Å². The second-order valence-corrected chi connectivity index (χ2v) is 5.58. The van der Waals surface area contributed by atoms with Crippen molar-refractivity contribution in [2.45, 2.75) is 0 Å². The summed E-state index contributed by atoms with van der Waals surface area (Å²) in [5, 5.41) is 0.911. The Kier molecular flexibility index (Phi) is 3.82. The fourth-order valence-corrected chi connectivity index (χ4v) is 2.91. The van der Waals surface area contributed by atoms with Gasteiger partial charge in [-0.2, -0.15) is 0 Å². The summed E-state index contributed by atoms with van der Waals surface area (Å²) < 4.78 is 10.9. The molecule has 0 amide bonds. The molecule has 0 unspecified atom stereocenters. The minimum absolute atomic E-state index is 0.710. The summed E-state index contributed by atoms with van der Waals surface area (Å²) >= 11 is 0. The van der Waals surface area contributed by atoms with E-state index in [4.69, 9.17) is 14.5 Å². The van der Waals surface area contributed by atoms with Crippen LogP contribution in [0.25, 0.3) is 33.5 Å². The second-order valence-electron chi connectivity index (χ2n) is 5.58. The van der Waals surface area contributed by atoms with Gasteiger partial charge in [-0.1, -0.05) is 30.3 Å². The zero-order valence-electron chi connectivity index (χ0n) is 14.0. The number of ether oxygens (including phenoxy) is 2. The molecule has 0 saturated carbocycles. The highest BCUT2D eigenvalue weighted by atomic mass is 16.5. The van der Waals surface area contributed by atoms with Crippen LogP contribution in [0.15, 0.2) is 60.9 Å². The van der Waals surface area contributed by atoms with Crippen molar-refractivity contribution in [2.75, 3.05) is 14.2 Å². The van der Waals surface area contributed by atoms with Crippen LogP contribution in [0.1, 0.15) is 0 Å². The van der Waals surface area contributed by atoms with E-state index < -0.39 is 0 Å². The number of aromatic amines is 1. The molecule has 25 heavy (non-hydrogen) atoms. The molecule has 2 heterocycles. The Hall–Kier alpha value is -3.34. The average molecular weight is 331 g/mol. The summed E-state index contributed by atoms with van der Waals surface area (Å²) in [5.41, 5.74) is 3.62. The maximum absolute atomic E-state index is 5.54. The first-order valence-corrected chi connectivity index (χ1v) is 7.92. The van der Waals surface area contributed by atoms with Crippen molar-refractivity contribution in [1.29, 1.82) is 0 Å². The van der Waals surface area contributed by atoms with E-state index in [9.17, 15) is 0 Å². The van der Waals surface area contributed by atoms with Crippen LogP contribution in [0.2, 0.25) is 0 Å². The van der Waals surface area contributed by atoms with E-state index in [0.29, 0.717) is 11.5 Å². The summed E-state index contributed by atoms with van der Waals surface area (Å²) in [6, 6.07) is 15.9. The first-order chi connectivity index (χ1) is 12.3. The number of aromatic nitrogens is 3. The molecule has 0 spiro atoms. The Bertz CT molecular complexity index is 1010. The Labute approximate surface area is 145 Å². The number of benzene rings is 2. The van der Waals surface area contributed by atoms with Gasteiger partial charge in [-0.15, -0.1) is 0 Å². The molecule has 124 valence electrons. The molecule has 5 heteroatoms. The van der Waals surface area contributed by atoms with Crippen molar-refractivity contribution in [1.82, 2.24) is 15.0 Å². The van der Waals surface area contributed by atoms with Gasteiger partial charge in [0.1, 0.15) is 17.3 Å². The average Bonchev–Trinajstić information content (AvgIpc) is 3.21. The van der Waals surface area contributed by atoms with Crippen LogP contribution in [-0.2, 0) is 0 Å². The zero-order valence-corrected chi connectivity index (χ0v) is 14.0. The van der Waals surface area contributed by atoms with Crippen LogP contribution < -0.4 is 9.47 Å². The van der Waals surface area contributed by atoms with Crippen LogP contribution >= 0.6 is 0 Å². The van der Waals surface area contributed by atoms with Crippen molar-refractivity contribution in [2.24, 2.45) is 0 Å². The highest BCUT2D eigenvalue weighted by molar-refractivity contribution is 5.94. The predicted octanol–water partition coefficient (Wildman–Crippen LogP) is 4.31. The number of nitrogens with zero attached hydrogens (tertiary/aromatic N) is 2. The molecule has 4 rings (SSSR count). The third kappa shape index (κ3) is 2.70. The van der Waals surface area contributed by atoms with Gasteiger partial charge in [-0.25, -0.2) is 9.97 Å². The molecule has 0 aliphatic rings. The highest BCUT2D eigenvalue weighted by Gasteiger charge is 2.16. The number of imidazole rings is 1. The lowest BCUT2D eigenvalue weighted by atomic mass is 10.0. The topological polar surface area (TPSA) is 60.0 Å². The van der Waals surface area contributed by atoms with Crippen LogP contribution in [0, 0.1) is 0 Å². The van der Waals surface area contributed by atoms with E-state index in [1.165, 1.54) is 0 Å². The molecule has 0 atom stereocenters. The molecule has 0 saturated heterocycles. The monoisotopic (exact) mass is 331 g/mol. The molecule has 2 aromatic heterocycles.